The molecule has 1 aromatic carbocycles. The normalized spacial score (nSPS) is 10.6. The second-order valence-corrected chi connectivity index (χ2v) is 5.63. The van der Waals surface area contributed by atoms with E-state index in [-0.39, 0.29) is 5.91 Å². The van der Waals surface area contributed by atoms with Gasteiger partial charge in [0.15, 0.2) is 0 Å². The number of nitrogens with one attached hydrogen (secondary N) is 1. The predicted octanol–water partition coefficient (Wildman–Crippen LogP) is 3.92. The van der Waals surface area contributed by atoms with Crippen molar-refractivity contribution in [2.24, 2.45) is 5.92 Å². The smallest absolute Gasteiger partial charge is 0.252 e. The van der Waals surface area contributed by atoms with Crippen molar-refractivity contribution in [2.75, 3.05) is 6.54 Å². The van der Waals surface area contributed by atoms with Crippen LogP contribution in [-0.2, 0) is 0 Å². The van der Waals surface area contributed by atoms with Crippen LogP contribution >= 0.6 is 15.9 Å². The van der Waals surface area contributed by atoms with E-state index in [0.29, 0.717) is 11.5 Å². The van der Waals surface area contributed by atoms with Gasteiger partial charge in [0.25, 0.3) is 5.91 Å². The summed E-state index contributed by atoms with van der Waals surface area (Å²) in [6.07, 6.45) is 2.18. The molecule has 0 bridgehead atoms. The zero-order chi connectivity index (χ0) is 12.8. The Morgan fingerprint density at radius 1 is 1.41 bits per heavy atom. The molecule has 0 aromatic heterocycles. The summed E-state index contributed by atoms with van der Waals surface area (Å²) in [5.41, 5.74) is 1.85. The molecular formula is C14H20BrNO. The van der Waals surface area contributed by atoms with Crippen molar-refractivity contribution >= 4 is 21.8 Å². The number of aryl methyl sites for hydroxylation is 1. The third-order valence-electron chi connectivity index (χ3n) is 2.61. The van der Waals surface area contributed by atoms with E-state index in [2.05, 4.69) is 35.1 Å². The van der Waals surface area contributed by atoms with Crippen LogP contribution in [0, 0.1) is 12.8 Å². The molecule has 0 aliphatic heterocycles. The standard InChI is InChI=1S/C14H20BrNO/c1-10(2)5-4-8-16-14(17)12-7-6-11(3)9-13(12)15/h6-7,9-10H,4-5,8H2,1-3H3,(H,16,17). The van der Waals surface area contributed by atoms with Crippen LogP contribution in [-0.4, -0.2) is 12.5 Å². The lowest BCUT2D eigenvalue weighted by Gasteiger charge is -2.08. The molecule has 1 rings (SSSR count). The number of benzene rings is 1. The highest BCUT2D eigenvalue weighted by atomic mass is 79.9. The Morgan fingerprint density at radius 2 is 2.12 bits per heavy atom. The summed E-state index contributed by atoms with van der Waals surface area (Å²) in [5.74, 6) is 0.693. The zero-order valence-electron chi connectivity index (χ0n) is 10.7. The van der Waals surface area contributed by atoms with Gasteiger partial charge in [0.2, 0.25) is 0 Å². The number of carbonyl (C=O) groups excluding carboxylic acids is 1. The van der Waals surface area contributed by atoms with Crippen molar-refractivity contribution in [3.63, 3.8) is 0 Å². The summed E-state index contributed by atoms with van der Waals surface area (Å²) < 4.78 is 0.860. The second-order valence-electron chi connectivity index (χ2n) is 4.78. The fourth-order valence-electron chi connectivity index (χ4n) is 1.61. The van der Waals surface area contributed by atoms with Crippen LogP contribution in [0.1, 0.15) is 42.6 Å². The number of rotatable bonds is 5. The van der Waals surface area contributed by atoms with Gasteiger partial charge in [-0.05, 0) is 59.3 Å². The second kappa shape index (κ2) is 6.80. The molecule has 17 heavy (non-hydrogen) atoms. The van der Waals surface area contributed by atoms with Gasteiger partial charge in [-0.15, -0.1) is 0 Å². The van der Waals surface area contributed by atoms with E-state index >= 15 is 0 Å². The Labute approximate surface area is 112 Å². The van der Waals surface area contributed by atoms with Crippen LogP contribution in [0.2, 0.25) is 0 Å². The Bertz CT molecular complexity index is 388. The van der Waals surface area contributed by atoms with Gasteiger partial charge >= 0.3 is 0 Å². The fraction of sp³-hybridized carbons (Fsp3) is 0.500. The highest BCUT2D eigenvalue weighted by Crippen LogP contribution is 2.18. The van der Waals surface area contributed by atoms with Gasteiger partial charge in [0.1, 0.15) is 0 Å². The van der Waals surface area contributed by atoms with Crippen LogP contribution < -0.4 is 5.32 Å². The molecule has 0 heterocycles. The number of amides is 1. The highest BCUT2D eigenvalue weighted by Gasteiger charge is 2.08. The summed E-state index contributed by atoms with van der Waals surface area (Å²) in [7, 11) is 0. The third-order valence-corrected chi connectivity index (χ3v) is 3.27. The van der Waals surface area contributed by atoms with E-state index in [1.54, 1.807) is 0 Å². The van der Waals surface area contributed by atoms with E-state index in [4.69, 9.17) is 0 Å². The van der Waals surface area contributed by atoms with Crippen molar-refractivity contribution in [3.05, 3.63) is 33.8 Å². The van der Waals surface area contributed by atoms with Gasteiger partial charge in [-0.1, -0.05) is 19.9 Å². The fourth-order valence-corrected chi connectivity index (χ4v) is 2.29. The molecule has 0 spiro atoms. The van der Waals surface area contributed by atoms with Crippen molar-refractivity contribution in [3.8, 4) is 0 Å². The maximum Gasteiger partial charge on any atom is 0.252 e. The summed E-state index contributed by atoms with van der Waals surface area (Å²) in [4.78, 5) is 11.9. The zero-order valence-corrected chi connectivity index (χ0v) is 12.3. The maximum absolute atomic E-state index is 11.9. The number of hydrogen-bond donors (Lipinski definition) is 1. The summed E-state index contributed by atoms with van der Waals surface area (Å²) in [6.45, 7) is 7.14. The third kappa shape index (κ3) is 4.90. The first-order chi connectivity index (χ1) is 8.00. The molecule has 1 N–H and O–H groups in total. The van der Waals surface area contributed by atoms with Gasteiger partial charge in [0, 0.05) is 11.0 Å². The maximum atomic E-state index is 11.9. The Balaban J connectivity index is 2.47. The largest absolute Gasteiger partial charge is 0.352 e. The van der Waals surface area contributed by atoms with Crippen molar-refractivity contribution in [2.45, 2.75) is 33.6 Å². The average molecular weight is 298 g/mol. The van der Waals surface area contributed by atoms with Crippen LogP contribution in [0.15, 0.2) is 22.7 Å². The number of carbonyl (C=O) groups is 1. The quantitative estimate of drug-likeness (QED) is 0.820. The molecule has 1 amide bonds. The Hall–Kier alpha value is -0.830. The molecule has 0 fully saturated rings. The first-order valence-corrected chi connectivity index (χ1v) is 6.84. The molecule has 0 unspecified atom stereocenters. The lowest BCUT2D eigenvalue weighted by molar-refractivity contribution is 0.0952. The van der Waals surface area contributed by atoms with Gasteiger partial charge < -0.3 is 5.32 Å². The molecule has 1 aromatic rings. The monoisotopic (exact) mass is 297 g/mol. The number of halogens is 1. The van der Waals surface area contributed by atoms with E-state index in [0.717, 1.165) is 29.4 Å². The molecule has 94 valence electrons. The van der Waals surface area contributed by atoms with Crippen molar-refractivity contribution in [1.29, 1.82) is 0 Å². The highest BCUT2D eigenvalue weighted by molar-refractivity contribution is 9.10. The first kappa shape index (κ1) is 14.2. The minimum atomic E-state index is 0.000584. The average Bonchev–Trinajstić information content (AvgIpc) is 2.23. The first-order valence-electron chi connectivity index (χ1n) is 6.05. The van der Waals surface area contributed by atoms with Crippen molar-refractivity contribution in [1.82, 2.24) is 5.32 Å². The van der Waals surface area contributed by atoms with Crippen LogP contribution in [0.25, 0.3) is 0 Å². The molecular weight excluding hydrogens is 278 g/mol. The Morgan fingerprint density at radius 3 is 2.71 bits per heavy atom. The molecule has 2 nitrogen and oxygen atoms in total. The minimum absolute atomic E-state index is 0.000584. The SMILES string of the molecule is Cc1ccc(C(=O)NCCCC(C)C)c(Br)c1. The predicted molar refractivity (Wildman–Crippen MR) is 75.3 cm³/mol. The van der Waals surface area contributed by atoms with Crippen LogP contribution in [0.5, 0.6) is 0 Å². The Kier molecular flexibility index (Phi) is 5.69. The summed E-state index contributed by atoms with van der Waals surface area (Å²) >= 11 is 3.42. The molecule has 0 radical (unpaired) electrons. The van der Waals surface area contributed by atoms with E-state index in [1.165, 1.54) is 0 Å². The van der Waals surface area contributed by atoms with Crippen molar-refractivity contribution < 1.29 is 4.79 Å². The molecule has 0 aliphatic carbocycles. The molecule has 0 saturated heterocycles. The molecule has 0 atom stereocenters. The van der Waals surface area contributed by atoms with E-state index < -0.39 is 0 Å². The lowest BCUT2D eigenvalue weighted by atomic mass is 10.1. The molecule has 3 heteroatoms. The summed E-state index contributed by atoms with van der Waals surface area (Å²) in [5, 5.41) is 2.95. The minimum Gasteiger partial charge on any atom is -0.352 e. The van der Waals surface area contributed by atoms with E-state index in [9.17, 15) is 4.79 Å². The van der Waals surface area contributed by atoms with E-state index in [1.807, 2.05) is 25.1 Å². The van der Waals surface area contributed by atoms with Gasteiger partial charge in [-0.25, -0.2) is 0 Å². The van der Waals surface area contributed by atoms with Crippen LogP contribution in [0.4, 0.5) is 0 Å². The molecule has 0 saturated carbocycles. The van der Waals surface area contributed by atoms with Crippen LogP contribution in [0.3, 0.4) is 0 Å². The lowest BCUT2D eigenvalue weighted by Crippen LogP contribution is -2.25. The van der Waals surface area contributed by atoms with Gasteiger partial charge in [-0.2, -0.15) is 0 Å². The summed E-state index contributed by atoms with van der Waals surface area (Å²) in [6, 6.07) is 5.77. The van der Waals surface area contributed by atoms with Gasteiger partial charge in [0.05, 0.1) is 5.56 Å². The topological polar surface area (TPSA) is 29.1 Å². The number of hydrogen-bond acceptors (Lipinski definition) is 1. The molecule has 0 aliphatic rings. The van der Waals surface area contributed by atoms with Gasteiger partial charge in [-0.3, -0.25) is 4.79 Å².